The van der Waals surface area contributed by atoms with E-state index in [-0.39, 0.29) is 24.7 Å². The lowest BCUT2D eigenvalue weighted by Crippen LogP contribution is -1.97. The summed E-state index contributed by atoms with van der Waals surface area (Å²) in [6.07, 6.45) is 0.901. The van der Waals surface area contributed by atoms with Crippen LogP contribution in [0.15, 0.2) is 12.1 Å². The lowest BCUT2D eigenvalue weighted by Gasteiger charge is -2.03. The highest BCUT2D eigenvalue weighted by Gasteiger charge is 2.26. The first-order chi connectivity index (χ1) is 8.58. The van der Waals surface area contributed by atoms with Gasteiger partial charge in [-0.25, -0.2) is 0 Å². The number of rotatable bonds is 5. The van der Waals surface area contributed by atoms with Gasteiger partial charge in [0, 0.05) is 12.5 Å². The zero-order valence-electron chi connectivity index (χ0n) is 9.42. The van der Waals surface area contributed by atoms with Crippen molar-refractivity contribution in [3.63, 3.8) is 0 Å². The van der Waals surface area contributed by atoms with Crippen LogP contribution in [-0.2, 0) is 11.2 Å². The second-order valence-electron chi connectivity index (χ2n) is 3.85. The molecule has 1 aliphatic rings. The summed E-state index contributed by atoms with van der Waals surface area (Å²) in [5.41, 5.74) is 0.530. The van der Waals surface area contributed by atoms with Gasteiger partial charge in [0.2, 0.25) is 12.5 Å². The molecule has 0 aliphatic carbocycles. The van der Waals surface area contributed by atoms with E-state index in [0.29, 0.717) is 24.2 Å². The molecule has 2 rings (SSSR count). The second-order valence-corrected chi connectivity index (χ2v) is 3.85. The number of fused-ring (bicyclic) bond motifs is 1. The highest BCUT2D eigenvalue weighted by molar-refractivity contribution is 5.66. The van der Waals surface area contributed by atoms with E-state index in [1.165, 1.54) is 6.07 Å². The number of carboxylic acid groups (broad SMARTS) is 1. The molecule has 1 heterocycles. The summed E-state index contributed by atoms with van der Waals surface area (Å²) in [5, 5.41) is 19.4. The minimum absolute atomic E-state index is 0.0300. The number of ether oxygens (including phenoxy) is 2. The Bertz CT molecular complexity index is 499. The molecule has 0 atom stereocenters. The number of benzene rings is 1. The van der Waals surface area contributed by atoms with Gasteiger partial charge >= 0.3 is 11.7 Å². The molecule has 7 heteroatoms. The topological polar surface area (TPSA) is 98.9 Å². The molecule has 1 aromatic carbocycles. The van der Waals surface area contributed by atoms with E-state index in [4.69, 9.17) is 14.6 Å². The molecule has 7 nitrogen and oxygen atoms in total. The highest BCUT2D eigenvalue weighted by atomic mass is 16.7. The van der Waals surface area contributed by atoms with E-state index in [1.54, 1.807) is 6.07 Å². The van der Waals surface area contributed by atoms with Gasteiger partial charge in [0.05, 0.1) is 4.92 Å². The first-order valence-electron chi connectivity index (χ1n) is 5.36. The van der Waals surface area contributed by atoms with Gasteiger partial charge < -0.3 is 14.6 Å². The fourth-order valence-corrected chi connectivity index (χ4v) is 1.77. The minimum Gasteiger partial charge on any atom is -0.481 e. The molecule has 0 aromatic heterocycles. The Balaban J connectivity index is 2.19. The third-order valence-corrected chi connectivity index (χ3v) is 2.57. The molecule has 18 heavy (non-hydrogen) atoms. The van der Waals surface area contributed by atoms with Crippen LogP contribution in [0.4, 0.5) is 5.69 Å². The Hall–Kier alpha value is -2.31. The zero-order valence-corrected chi connectivity index (χ0v) is 9.42. The van der Waals surface area contributed by atoms with Crippen molar-refractivity contribution in [2.75, 3.05) is 6.79 Å². The molecule has 0 saturated carbocycles. The number of carbonyl (C=O) groups is 1. The van der Waals surface area contributed by atoms with Gasteiger partial charge in [0.1, 0.15) is 0 Å². The predicted molar refractivity (Wildman–Crippen MR) is 59.8 cm³/mol. The van der Waals surface area contributed by atoms with Crippen LogP contribution in [-0.4, -0.2) is 22.8 Å². The van der Waals surface area contributed by atoms with Crippen molar-refractivity contribution in [1.29, 1.82) is 0 Å². The summed E-state index contributed by atoms with van der Waals surface area (Å²) in [6, 6.07) is 3.05. The fourth-order valence-electron chi connectivity index (χ4n) is 1.77. The molecule has 0 unspecified atom stereocenters. The quantitative estimate of drug-likeness (QED) is 0.633. The summed E-state index contributed by atoms with van der Waals surface area (Å²) >= 11 is 0. The van der Waals surface area contributed by atoms with Gasteiger partial charge in [0.25, 0.3) is 0 Å². The van der Waals surface area contributed by atoms with Crippen LogP contribution in [0.2, 0.25) is 0 Å². The molecule has 0 fully saturated rings. The van der Waals surface area contributed by atoms with Crippen molar-refractivity contribution in [1.82, 2.24) is 0 Å². The molecule has 0 spiro atoms. The number of aryl methyl sites for hydroxylation is 1. The molecule has 96 valence electrons. The molecule has 0 radical (unpaired) electrons. The van der Waals surface area contributed by atoms with Gasteiger partial charge in [-0.15, -0.1) is 0 Å². The Morgan fingerprint density at radius 2 is 2.22 bits per heavy atom. The Morgan fingerprint density at radius 1 is 1.44 bits per heavy atom. The van der Waals surface area contributed by atoms with Crippen molar-refractivity contribution in [3.05, 3.63) is 27.8 Å². The van der Waals surface area contributed by atoms with Crippen molar-refractivity contribution in [2.24, 2.45) is 0 Å². The van der Waals surface area contributed by atoms with Crippen LogP contribution in [0.25, 0.3) is 0 Å². The normalized spacial score (nSPS) is 12.4. The number of nitro benzene ring substituents is 1. The Kier molecular flexibility index (Phi) is 3.31. The third kappa shape index (κ3) is 2.50. The van der Waals surface area contributed by atoms with Gasteiger partial charge in [0.15, 0.2) is 5.75 Å². The van der Waals surface area contributed by atoms with Crippen LogP contribution < -0.4 is 9.47 Å². The van der Waals surface area contributed by atoms with Crippen LogP contribution in [0.3, 0.4) is 0 Å². The number of hydrogen-bond donors (Lipinski definition) is 1. The molecule has 1 N–H and O–H groups in total. The maximum Gasteiger partial charge on any atom is 0.315 e. The van der Waals surface area contributed by atoms with Crippen molar-refractivity contribution in [2.45, 2.75) is 19.3 Å². The van der Waals surface area contributed by atoms with Gasteiger partial charge in [-0.2, -0.15) is 0 Å². The van der Waals surface area contributed by atoms with E-state index in [9.17, 15) is 14.9 Å². The van der Waals surface area contributed by atoms with Crippen LogP contribution in [0, 0.1) is 10.1 Å². The van der Waals surface area contributed by atoms with Gasteiger partial charge in [-0.1, -0.05) is 0 Å². The minimum atomic E-state index is -0.884. The van der Waals surface area contributed by atoms with E-state index in [2.05, 4.69) is 0 Å². The first-order valence-corrected chi connectivity index (χ1v) is 5.36. The average molecular weight is 253 g/mol. The standard InChI is InChI=1S/C11H11NO6/c13-10(14)3-1-2-7-4-8(12(15)16)11-9(5-7)17-6-18-11/h4-5H,1-3,6H2,(H,13,14). The lowest BCUT2D eigenvalue weighted by molar-refractivity contribution is -0.385. The molecular weight excluding hydrogens is 242 g/mol. The monoisotopic (exact) mass is 253 g/mol. The zero-order chi connectivity index (χ0) is 13.1. The Labute approximate surface area is 102 Å². The Morgan fingerprint density at radius 3 is 2.89 bits per heavy atom. The second kappa shape index (κ2) is 4.91. The molecular formula is C11H11NO6. The summed E-state index contributed by atoms with van der Waals surface area (Å²) in [5.74, 6) is -0.401. The first kappa shape index (κ1) is 12.2. The number of nitro groups is 1. The van der Waals surface area contributed by atoms with Gasteiger partial charge in [-0.3, -0.25) is 14.9 Å². The maximum absolute atomic E-state index is 10.9. The lowest BCUT2D eigenvalue weighted by atomic mass is 10.1. The molecule has 1 aliphatic heterocycles. The number of carboxylic acids is 1. The summed E-state index contributed by atoms with van der Waals surface area (Å²) in [4.78, 5) is 20.7. The fraction of sp³-hybridized carbons (Fsp3) is 0.364. The number of aliphatic carboxylic acids is 1. The van der Waals surface area contributed by atoms with E-state index in [0.717, 1.165) is 0 Å². The molecule has 0 amide bonds. The third-order valence-electron chi connectivity index (χ3n) is 2.57. The van der Waals surface area contributed by atoms with Crippen LogP contribution in [0.5, 0.6) is 11.5 Å². The van der Waals surface area contributed by atoms with E-state index in [1.807, 2.05) is 0 Å². The smallest absolute Gasteiger partial charge is 0.315 e. The summed E-state index contributed by atoms with van der Waals surface area (Å²) in [6.45, 7) is -0.0330. The molecule has 1 aromatic rings. The number of nitrogens with zero attached hydrogens (tertiary/aromatic N) is 1. The number of hydrogen-bond acceptors (Lipinski definition) is 5. The van der Waals surface area contributed by atoms with Crippen molar-refractivity contribution in [3.8, 4) is 11.5 Å². The van der Waals surface area contributed by atoms with Crippen LogP contribution in [0.1, 0.15) is 18.4 Å². The SMILES string of the molecule is O=C(O)CCCc1cc2c(c([N+](=O)[O-])c1)OCO2. The average Bonchev–Trinajstić information content (AvgIpc) is 2.75. The van der Waals surface area contributed by atoms with E-state index >= 15 is 0 Å². The summed E-state index contributed by atoms with van der Waals surface area (Å²) < 4.78 is 10.1. The maximum atomic E-state index is 10.9. The van der Waals surface area contributed by atoms with Crippen LogP contribution >= 0.6 is 0 Å². The van der Waals surface area contributed by atoms with Gasteiger partial charge in [-0.05, 0) is 24.5 Å². The molecule has 0 saturated heterocycles. The highest BCUT2D eigenvalue weighted by Crippen LogP contribution is 2.41. The summed E-state index contributed by atoms with van der Waals surface area (Å²) in [7, 11) is 0. The largest absolute Gasteiger partial charge is 0.481 e. The van der Waals surface area contributed by atoms with Crippen molar-refractivity contribution < 1.29 is 24.3 Å². The predicted octanol–water partition coefficient (Wildman–Crippen LogP) is 1.73. The van der Waals surface area contributed by atoms with E-state index < -0.39 is 10.9 Å². The van der Waals surface area contributed by atoms with Crippen molar-refractivity contribution >= 4 is 11.7 Å². The molecule has 0 bridgehead atoms.